The first-order valence-electron chi connectivity index (χ1n) is 7.78. The van der Waals surface area contributed by atoms with Crippen LogP contribution in [0.4, 0.5) is 5.69 Å². The molecule has 0 bridgehead atoms. The smallest absolute Gasteiger partial charge is 0.258 e. The van der Waals surface area contributed by atoms with Crippen LogP contribution in [0, 0.1) is 0 Å². The number of anilines is 1. The zero-order valence-corrected chi connectivity index (χ0v) is 15.6. The summed E-state index contributed by atoms with van der Waals surface area (Å²) >= 11 is 9.48. The molecule has 1 unspecified atom stereocenters. The standard InChI is InChI=1S/C18H16BrClN2O3/c19-12-5-7-13(8-6-12)25-11-17(23)21-15-9-10-22(18(15)24)16-4-2-1-3-14(16)20/h1-8,15H,9-11H2,(H,21,23). The highest BCUT2D eigenvalue weighted by molar-refractivity contribution is 9.10. The van der Waals surface area contributed by atoms with Gasteiger partial charge in [0.05, 0.1) is 10.7 Å². The summed E-state index contributed by atoms with van der Waals surface area (Å²) in [5.74, 6) is 0.0983. The maximum Gasteiger partial charge on any atom is 0.258 e. The van der Waals surface area contributed by atoms with E-state index in [1.807, 2.05) is 24.3 Å². The third-order valence-corrected chi connectivity index (χ3v) is 4.72. The van der Waals surface area contributed by atoms with E-state index in [1.165, 1.54) is 0 Å². The predicted octanol–water partition coefficient (Wildman–Crippen LogP) is 3.40. The van der Waals surface area contributed by atoms with Crippen molar-refractivity contribution in [3.05, 3.63) is 58.0 Å². The number of benzene rings is 2. The lowest BCUT2D eigenvalue weighted by Crippen LogP contribution is -2.43. The molecule has 1 fully saturated rings. The molecule has 0 radical (unpaired) electrons. The number of para-hydroxylation sites is 1. The Hall–Kier alpha value is -2.05. The summed E-state index contributed by atoms with van der Waals surface area (Å²) in [6, 6.07) is 13.8. The van der Waals surface area contributed by atoms with Crippen LogP contribution in [0.5, 0.6) is 5.75 Å². The summed E-state index contributed by atoms with van der Waals surface area (Å²) in [5, 5.41) is 3.24. The van der Waals surface area contributed by atoms with Crippen molar-refractivity contribution in [2.45, 2.75) is 12.5 Å². The SMILES string of the molecule is O=C(COc1ccc(Br)cc1)NC1CCN(c2ccccc2Cl)C1=O. The summed E-state index contributed by atoms with van der Waals surface area (Å²) in [4.78, 5) is 26.2. The van der Waals surface area contributed by atoms with Gasteiger partial charge < -0.3 is 15.0 Å². The van der Waals surface area contributed by atoms with Gasteiger partial charge in [-0.15, -0.1) is 0 Å². The van der Waals surface area contributed by atoms with Crippen molar-refractivity contribution in [2.75, 3.05) is 18.1 Å². The van der Waals surface area contributed by atoms with Crippen LogP contribution in [0.25, 0.3) is 0 Å². The van der Waals surface area contributed by atoms with Crippen LogP contribution in [-0.4, -0.2) is 31.0 Å². The highest BCUT2D eigenvalue weighted by Crippen LogP contribution is 2.29. The molecule has 2 amide bonds. The van der Waals surface area contributed by atoms with E-state index in [0.29, 0.717) is 29.4 Å². The Morgan fingerprint density at radius 1 is 1.24 bits per heavy atom. The lowest BCUT2D eigenvalue weighted by atomic mass is 10.2. The number of carbonyl (C=O) groups is 2. The van der Waals surface area contributed by atoms with Crippen molar-refractivity contribution in [1.82, 2.24) is 5.32 Å². The molecular formula is C18H16BrClN2O3. The first-order valence-corrected chi connectivity index (χ1v) is 8.95. The van der Waals surface area contributed by atoms with E-state index in [1.54, 1.807) is 29.2 Å². The van der Waals surface area contributed by atoms with Gasteiger partial charge in [-0.25, -0.2) is 0 Å². The number of ether oxygens (including phenoxy) is 1. The molecule has 1 atom stereocenters. The van der Waals surface area contributed by atoms with E-state index in [2.05, 4.69) is 21.2 Å². The minimum atomic E-state index is -0.558. The minimum Gasteiger partial charge on any atom is -0.484 e. The van der Waals surface area contributed by atoms with Crippen molar-refractivity contribution in [3.63, 3.8) is 0 Å². The van der Waals surface area contributed by atoms with E-state index in [-0.39, 0.29) is 18.4 Å². The van der Waals surface area contributed by atoms with Crippen LogP contribution in [0.1, 0.15) is 6.42 Å². The lowest BCUT2D eigenvalue weighted by molar-refractivity contribution is -0.127. The minimum absolute atomic E-state index is 0.141. The molecule has 3 rings (SSSR count). The lowest BCUT2D eigenvalue weighted by Gasteiger charge is -2.18. The summed E-state index contributed by atoms with van der Waals surface area (Å²) in [6.07, 6.45) is 0.536. The summed E-state index contributed by atoms with van der Waals surface area (Å²) in [5.41, 5.74) is 0.664. The number of hydrogen-bond acceptors (Lipinski definition) is 3. The quantitative estimate of drug-likeness (QED) is 0.802. The zero-order valence-electron chi connectivity index (χ0n) is 13.2. The average Bonchev–Trinajstić information content (AvgIpc) is 2.95. The molecule has 5 nitrogen and oxygen atoms in total. The summed E-state index contributed by atoms with van der Waals surface area (Å²) < 4.78 is 6.35. The molecule has 130 valence electrons. The van der Waals surface area contributed by atoms with Crippen molar-refractivity contribution in [3.8, 4) is 5.75 Å². The Bertz CT molecular complexity index is 782. The Kier molecular flexibility index (Phi) is 5.60. The normalized spacial score (nSPS) is 16.8. The number of carbonyl (C=O) groups excluding carboxylic acids is 2. The van der Waals surface area contributed by atoms with Gasteiger partial charge in [-0.1, -0.05) is 39.7 Å². The van der Waals surface area contributed by atoms with Crippen molar-refractivity contribution >= 4 is 45.0 Å². The highest BCUT2D eigenvalue weighted by Gasteiger charge is 2.34. The van der Waals surface area contributed by atoms with E-state index < -0.39 is 6.04 Å². The van der Waals surface area contributed by atoms with E-state index in [4.69, 9.17) is 16.3 Å². The molecule has 0 saturated carbocycles. The third-order valence-electron chi connectivity index (χ3n) is 3.87. The number of nitrogens with zero attached hydrogens (tertiary/aromatic N) is 1. The molecule has 1 aliphatic rings. The van der Waals surface area contributed by atoms with Crippen molar-refractivity contribution in [2.24, 2.45) is 0 Å². The fourth-order valence-corrected chi connectivity index (χ4v) is 3.14. The predicted molar refractivity (Wildman–Crippen MR) is 100.0 cm³/mol. The van der Waals surface area contributed by atoms with Crippen LogP contribution in [0.2, 0.25) is 5.02 Å². The largest absolute Gasteiger partial charge is 0.484 e. The molecule has 1 aliphatic heterocycles. The van der Waals surface area contributed by atoms with E-state index >= 15 is 0 Å². The molecule has 2 aromatic rings. The molecule has 0 aromatic heterocycles. The summed E-state index contributed by atoms with van der Waals surface area (Å²) in [6.45, 7) is 0.374. The zero-order chi connectivity index (χ0) is 17.8. The molecule has 2 aromatic carbocycles. The molecule has 1 N–H and O–H groups in total. The van der Waals surface area contributed by atoms with Gasteiger partial charge in [-0.3, -0.25) is 9.59 Å². The Morgan fingerprint density at radius 3 is 2.68 bits per heavy atom. The maximum atomic E-state index is 12.5. The Balaban J connectivity index is 1.55. The van der Waals surface area contributed by atoms with Crippen molar-refractivity contribution < 1.29 is 14.3 Å². The Labute approximate surface area is 159 Å². The number of rotatable bonds is 5. The molecular weight excluding hydrogens is 408 g/mol. The molecule has 0 spiro atoms. The van der Waals surface area contributed by atoms with Crippen LogP contribution >= 0.6 is 27.5 Å². The van der Waals surface area contributed by atoms with Gasteiger partial charge in [0, 0.05) is 11.0 Å². The first-order chi connectivity index (χ1) is 12.0. The van der Waals surface area contributed by atoms with Gasteiger partial charge in [0.25, 0.3) is 5.91 Å². The van der Waals surface area contributed by atoms with Gasteiger partial charge >= 0.3 is 0 Å². The van der Waals surface area contributed by atoms with Gasteiger partial charge in [0.2, 0.25) is 5.91 Å². The topological polar surface area (TPSA) is 58.6 Å². The van der Waals surface area contributed by atoms with Gasteiger partial charge in [0.1, 0.15) is 11.8 Å². The van der Waals surface area contributed by atoms with Crippen LogP contribution in [-0.2, 0) is 9.59 Å². The second kappa shape index (κ2) is 7.89. The monoisotopic (exact) mass is 422 g/mol. The molecule has 0 aliphatic carbocycles. The van der Waals surface area contributed by atoms with Crippen LogP contribution in [0.3, 0.4) is 0 Å². The number of nitrogens with one attached hydrogen (secondary N) is 1. The fourth-order valence-electron chi connectivity index (χ4n) is 2.64. The maximum absolute atomic E-state index is 12.5. The fraction of sp³-hybridized carbons (Fsp3) is 0.222. The number of halogens is 2. The summed E-state index contributed by atoms with van der Waals surface area (Å²) in [7, 11) is 0. The molecule has 1 heterocycles. The van der Waals surface area contributed by atoms with E-state index in [9.17, 15) is 9.59 Å². The van der Waals surface area contributed by atoms with Crippen LogP contribution in [0.15, 0.2) is 53.0 Å². The van der Waals surface area contributed by atoms with Gasteiger partial charge in [0.15, 0.2) is 6.61 Å². The van der Waals surface area contributed by atoms with Crippen LogP contribution < -0.4 is 15.0 Å². The van der Waals surface area contributed by atoms with Gasteiger partial charge in [-0.2, -0.15) is 0 Å². The molecule has 25 heavy (non-hydrogen) atoms. The molecule has 1 saturated heterocycles. The second-order valence-electron chi connectivity index (χ2n) is 5.59. The first kappa shape index (κ1) is 17.8. The van der Waals surface area contributed by atoms with Crippen molar-refractivity contribution in [1.29, 1.82) is 0 Å². The average molecular weight is 424 g/mol. The molecule has 7 heteroatoms. The second-order valence-corrected chi connectivity index (χ2v) is 6.92. The van der Waals surface area contributed by atoms with E-state index in [0.717, 1.165) is 4.47 Å². The number of hydrogen-bond donors (Lipinski definition) is 1. The number of amides is 2. The Morgan fingerprint density at radius 2 is 1.96 bits per heavy atom. The third kappa shape index (κ3) is 4.32. The highest BCUT2D eigenvalue weighted by atomic mass is 79.9. The van der Waals surface area contributed by atoms with Gasteiger partial charge in [-0.05, 0) is 42.8 Å².